The van der Waals surface area contributed by atoms with Gasteiger partial charge in [-0.3, -0.25) is 4.79 Å². The van der Waals surface area contributed by atoms with E-state index in [1.54, 1.807) is 0 Å². The largest absolute Gasteiger partial charge is 0.358 e. The summed E-state index contributed by atoms with van der Waals surface area (Å²) < 4.78 is 17.5. The first-order valence-corrected chi connectivity index (χ1v) is 5.37. The second-order valence-electron chi connectivity index (χ2n) is 5.52. The van der Waals surface area contributed by atoms with Gasteiger partial charge in [-0.2, -0.15) is 0 Å². The standard InChI is InChI=1S/C11H16O4/c1-9(2)14-8-10(3)6(12)5-7(13-10)11(8,4)15-9/h7-8H,5H2,1-4H3/t7-,8+,10+,11-/m1/s1. The number of hydrogen-bond acceptors (Lipinski definition) is 4. The van der Waals surface area contributed by atoms with E-state index in [1.807, 2.05) is 27.7 Å². The molecule has 0 saturated carbocycles. The topological polar surface area (TPSA) is 44.8 Å². The fourth-order valence-electron chi connectivity index (χ4n) is 3.20. The van der Waals surface area contributed by atoms with Gasteiger partial charge in [-0.05, 0) is 27.7 Å². The van der Waals surface area contributed by atoms with Crippen LogP contribution in [0, 0.1) is 0 Å². The minimum atomic E-state index is -0.798. The van der Waals surface area contributed by atoms with E-state index in [1.165, 1.54) is 0 Å². The molecule has 2 bridgehead atoms. The van der Waals surface area contributed by atoms with Crippen LogP contribution in [0.3, 0.4) is 0 Å². The van der Waals surface area contributed by atoms with Gasteiger partial charge >= 0.3 is 0 Å². The lowest BCUT2D eigenvalue weighted by atomic mass is 9.76. The van der Waals surface area contributed by atoms with Crippen LogP contribution in [0.15, 0.2) is 0 Å². The molecule has 0 aromatic carbocycles. The Bertz CT molecular complexity index is 350. The van der Waals surface area contributed by atoms with E-state index >= 15 is 0 Å². The second-order valence-corrected chi connectivity index (χ2v) is 5.52. The third-order valence-electron chi connectivity index (χ3n) is 3.84. The lowest BCUT2D eigenvalue weighted by Gasteiger charge is -2.31. The van der Waals surface area contributed by atoms with Gasteiger partial charge in [0.05, 0.1) is 6.10 Å². The third-order valence-corrected chi connectivity index (χ3v) is 3.84. The highest BCUT2D eigenvalue weighted by Crippen LogP contribution is 2.56. The van der Waals surface area contributed by atoms with Crippen molar-refractivity contribution in [2.75, 3.05) is 0 Å². The molecule has 3 aliphatic heterocycles. The predicted molar refractivity (Wildman–Crippen MR) is 51.3 cm³/mol. The maximum absolute atomic E-state index is 11.8. The summed E-state index contributed by atoms with van der Waals surface area (Å²) >= 11 is 0. The van der Waals surface area contributed by atoms with Gasteiger partial charge in [0, 0.05) is 6.42 Å². The Kier molecular flexibility index (Phi) is 1.49. The Morgan fingerprint density at radius 1 is 1.20 bits per heavy atom. The maximum atomic E-state index is 11.8. The summed E-state index contributed by atoms with van der Waals surface area (Å²) in [4.78, 5) is 11.8. The van der Waals surface area contributed by atoms with Crippen molar-refractivity contribution in [1.82, 2.24) is 0 Å². The van der Waals surface area contributed by atoms with Crippen LogP contribution < -0.4 is 0 Å². The lowest BCUT2D eigenvalue weighted by molar-refractivity contribution is -0.203. The molecule has 0 amide bonds. The summed E-state index contributed by atoms with van der Waals surface area (Å²) in [5.74, 6) is -0.482. The molecule has 3 rings (SSSR count). The van der Waals surface area contributed by atoms with Crippen molar-refractivity contribution in [2.45, 2.75) is 63.3 Å². The van der Waals surface area contributed by atoms with E-state index < -0.39 is 17.0 Å². The van der Waals surface area contributed by atoms with Crippen molar-refractivity contribution in [3.8, 4) is 0 Å². The van der Waals surface area contributed by atoms with Crippen molar-refractivity contribution >= 4 is 5.78 Å². The molecule has 0 aromatic heterocycles. The van der Waals surface area contributed by atoms with E-state index in [0.29, 0.717) is 6.42 Å². The average molecular weight is 212 g/mol. The molecule has 0 N–H and O–H groups in total. The Labute approximate surface area is 88.9 Å². The molecule has 3 fully saturated rings. The quantitative estimate of drug-likeness (QED) is 0.601. The van der Waals surface area contributed by atoms with Crippen molar-refractivity contribution in [3.05, 3.63) is 0 Å². The van der Waals surface area contributed by atoms with Gasteiger partial charge in [0.25, 0.3) is 0 Å². The third kappa shape index (κ3) is 0.953. The number of ketones is 1. The van der Waals surface area contributed by atoms with E-state index in [-0.39, 0.29) is 18.0 Å². The smallest absolute Gasteiger partial charge is 0.169 e. The van der Waals surface area contributed by atoms with Crippen LogP contribution >= 0.6 is 0 Å². The highest BCUT2D eigenvalue weighted by molar-refractivity contribution is 5.92. The van der Waals surface area contributed by atoms with Crippen LogP contribution in [0.25, 0.3) is 0 Å². The van der Waals surface area contributed by atoms with Crippen LogP contribution in [-0.2, 0) is 19.0 Å². The number of Topliss-reactive ketones (excluding diaryl/α,β-unsaturated/α-hetero) is 1. The molecular weight excluding hydrogens is 196 g/mol. The maximum Gasteiger partial charge on any atom is 0.169 e. The van der Waals surface area contributed by atoms with E-state index in [9.17, 15) is 4.79 Å². The minimum Gasteiger partial charge on any atom is -0.358 e. The molecule has 4 heteroatoms. The van der Waals surface area contributed by atoms with Crippen molar-refractivity contribution < 1.29 is 19.0 Å². The average Bonchev–Trinajstić information content (AvgIpc) is 2.56. The first-order chi connectivity index (χ1) is 6.78. The van der Waals surface area contributed by atoms with Gasteiger partial charge in [-0.15, -0.1) is 0 Å². The molecule has 4 nitrogen and oxygen atoms in total. The second kappa shape index (κ2) is 2.29. The number of carbonyl (C=O) groups is 1. The van der Waals surface area contributed by atoms with Gasteiger partial charge in [0.1, 0.15) is 11.7 Å². The molecule has 0 aromatic rings. The first-order valence-electron chi connectivity index (χ1n) is 5.37. The molecule has 0 spiro atoms. The molecular formula is C11H16O4. The van der Waals surface area contributed by atoms with Crippen LogP contribution in [0.5, 0.6) is 0 Å². The normalized spacial score (nSPS) is 56.1. The zero-order valence-electron chi connectivity index (χ0n) is 9.49. The van der Waals surface area contributed by atoms with Crippen molar-refractivity contribution in [2.24, 2.45) is 0 Å². The SMILES string of the molecule is CC1(C)O[C@@H]2[C@](C)(O1)[C@H]1CC(=O)[C@]2(C)O1. The fraction of sp³-hybridized carbons (Fsp3) is 0.909. The number of ether oxygens (including phenoxy) is 3. The Hall–Kier alpha value is -0.450. The molecule has 3 heterocycles. The number of carbonyl (C=O) groups excluding carboxylic acids is 1. The van der Waals surface area contributed by atoms with Crippen molar-refractivity contribution in [1.29, 1.82) is 0 Å². The highest BCUT2D eigenvalue weighted by atomic mass is 16.8. The summed E-state index contributed by atoms with van der Waals surface area (Å²) in [6.45, 7) is 7.55. The Balaban J connectivity index is 2.06. The summed E-state index contributed by atoms with van der Waals surface area (Å²) in [5.41, 5.74) is -1.26. The zero-order chi connectivity index (χ0) is 11.1. The summed E-state index contributed by atoms with van der Waals surface area (Å²) in [6, 6.07) is 0. The van der Waals surface area contributed by atoms with Crippen LogP contribution in [0.2, 0.25) is 0 Å². The molecule has 3 saturated heterocycles. The first kappa shape index (κ1) is 9.75. The van der Waals surface area contributed by atoms with Gasteiger partial charge < -0.3 is 14.2 Å². The van der Waals surface area contributed by atoms with Crippen molar-refractivity contribution in [3.63, 3.8) is 0 Å². The van der Waals surface area contributed by atoms with Crippen LogP contribution in [0.1, 0.15) is 34.1 Å². The monoisotopic (exact) mass is 212 g/mol. The molecule has 84 valence electrons. The molecule has 3 aliphatic rings. The Morgan fingerprint density at radius 3 is 2.53 bits per heavy atom. The number of rotatable bonds is 0. The van der Waals surface area contributed by atoms with Crippen LogP contribution in [-0.4, -0.2) is 35.0 Å². The molecule has 0 unspecified atom stereocenters. The summed E-state index contributed by atoms with van der Waals surface area (Å²) in [6.07, 6.45) is 0.0242. The number of fused-ring (bicyclic) bond motifs is 5. The van der Waals surface area contributed by atoms with Gasteiger partial charge in [0.15, 0.2) is 17.2 Å². The van der Waals surface area contributed by atoms with Gasteiger partial charge in [-0.1, -0.05) is 0 Å². The van der Waals surface area contributed by atoms with Crippen LogP contribution in [0.4, 0.5) is 0 Å². The molecule has 15 heavy (non-hydrogen) atoms. The Morgan fingerprint density at radius 2 is 1.87 bits per heavy atom. The minimum absolute atomic E-state index is 0.135. The van der Waals surface area contributed by atoms with E-state index in [4.69, 9.17) is 14.2 Å². The summed E-state index contributed by atoms with van der Waals surface area (Å²) in [5, 5.41) is 0. The molecule has 4 atom stereocenters. The fourth-order valence-corrected chi connectivity index (χ4v) is 3.20. The molecule has 0 aliphatic carbocycles. The zero-order valence-corrected chi connectivity index (χ0v) is 9.49. The van der Waals surface area contributed by atoms with Gasteiger partial charge in [0.2, 0.25) is 0 Å². The van der Waals surface area contributed by atoms with Gasteiger partial charge in [-0.25, -0.2) is 0 Å². The lowest BCUT2D eigenvalue weighted by Crippen LogP contribution is -2.54. The predicted octanol–water partition coefficient (Wildman–Crippen LogP) is 1.03. The van der Waals surface area contributed by atoms with E-state index in [2.05, 4.69) is 0 Å². The summed E-state index contributed by atoms with van der Waals surface area (Å²) in [7, 11) is 0. The molecule has 0 radical (unpaired) electrons. The highest BCUT2D eigenvalue weighted by Gasteiger charge is 2.74. The number of hydrogen-bond donors (Lipinski definition) is 0. The van der Waals surface area contributed by atoms with E-state index in [0.717, 1.165) is 0 Å².